The minimum Gasteiger partial charge on any atom is -0.377 e. The van der Waals surface area contributed by atoms with Crippen molar-refractivity contribution in [1.82, 2.24) is 0 Å². The topological polar surface area (TPSA) is 35.2 Å². The number of hydrogen-bond acceptors (Lipinski definition) is 2. The van der Waals surface area contributed by atoms with E-state index in [-0.39, 0.29) is 12.1 Å². The lowest BCUT2D eigenvalue weighted by molar-refractivity contribution is -0.00912. The third-order valence-corrected chi connectivity index (χ3v) is 5.09. The standard InChI is InChI=1S/C17H25Cl2NO/c1-2-21-17(13-6-4-3-5-7-13)16(20)11-12-8-9-14(18)15(19)10-12/h8-10,13,16-17H,2-7,11,20H2,1H3. The van der Waals surface area contributed by atoms with Crippen LogP contribution in [0.4, 0.5) is 0 Å². The van der Waals surface area contributed by atoms with Crippen molar-refractivity contribution in [2.24, 2.45) is 11.7 Å². The molecule has 2 unspecified atom stereocenters. The summed E-state index contributed by atoms with van der Waals surface area (Å²) in [6, 6.07) is 5.75. The predicted octanol–water partition coefficient (Wildman–Crippen LogP) is 4.85. The summed E-state index contributed by atoms with van der Waals surface area (Å²) >= 11 is 12.0. The first kappa shape index (κ1) is 17.1. The van der Waals surface area contributed by atoms with Crippen molar-refractivity contribution in [1.29, 1.82) is 0 Å². The molecule has 2 rings (SSSR count). The molecule has 1 aromatic carbocycles. The van der Waals surface area contributed by atoms with Gasteiger partial charge in [-0.3, -0.25) is 0 Å². The van der Waals surface area contributed by atoms with E-state index in [9.17, 15) is 0 Å². The summed E-state index contributed by atoms with van der Waals surface area (Å²) < 4.78 is 5.99. The molecule has 1 aliphatic carbocycles. The van der Waals surface area contributed by atoms with Crippen molar-refractivity contribution in [3.63, 3.8) is 0 Å². The fourth-order valence-corrected chi connectivity index (χ4v) is 3.64. The average Bonchev–Trinajstić information content (AvgIpc) is 2.49. The van der Waals surface area contributed by atoms with E-state index in [1.807, 2.05) is 25.1 Å². The summed E-state index contributed by atoms with van der Waals surface area (Å²) in [5, 5.41) is 1.18. The number of nitrogens with two attached hydrogens (primary N) is 1. The molecule has 1 aliphatic rings. The summed E-state index contributed by atoms with van der Waals surface area (Å²) in [6.45, 7) is 2.76. The molecule has 21 heavy (non-hydrogen) atoms. The van der Waals surface area contributed by atoms with Crippen molar-refractivity contribution in [3.05, 3.63) is 33.8 Å². The van der Waals surface area contributed by atoms with Crippen molar-refractivity contribution in [2.75, 3.05) is 6.61 Å². The maximum absolute atomic E-state index is 6.45. The third kappa shape index (κ3) is 4.85. The van der Waals surface area contributed by atoms with E-state index in [4.69, 9.17) is 33.7 Å². The van der Waals surface area contributed by atoms with E-state index in [0.717, 1.165) is 18.6 Å². The van der Waals surface area contributed by atoms with E-state index in [0.29, 0.717) is 16.0 Å². The van der Waals surface area contributed by atoms with Crippen LogP contribution in [0.5, 0.6) is 0 Å². The molecule has 0 aromatic heterocycles. The van der Waals surface area contributed by atoms with Gasteiger partial charge in [0, 0.05) is 12.6 Å². The molecule has 118 valence electrons. The van der Waals surface area contributed by atoms with Crippen molar-refractivity contribution >= 4 is 23.2 Å². The van der Waals surface area contributed by atoms with Gasteiger partial charge < -0.3 is 10.5 Å². The predicted molar refractivity (Wildman–Crippen MR) is 90.1 cm³/mol. The van der Waals surface area contributed by atoms with Gasteiger partial charge in [-0.1, -0.05) is 48.5 Å². The smallest absolute Gasteiger partial charge is 0.0757 e. The third-order valence-electron chi connectivity index (χ3n) is 4.35. The van der Waals surface area contributed by atoms with E-state index in [1.165, 1.54) is 32.1 Å². The molecule has 2 atom stereocenters. The highest BCUT2D eigenvalue weighted by Gasteiger charge is 2.29. The van der Waals surface area contributed by atoms with Crippen LogP contribution >= 0.6 is 23.2 Å². The molecule has 0 saturated heterocycles. The van der Waals surface area contributed by atoms with E-state index >= 15 is 0 Å². The van der Waals surface area contributed by atoms with Crippen molar-refractivity contribution < 1.29 is 4.74 Å². The van der Waals surface area contributed by atoms with Gasteiger partial charge in [-0.15, -0.1) is 0 Å². The normalized spacial score (nSPS) is 19.4. The highest BCUT2D eigenvalue weighted by Crippen LogP contribution is 2.30. The second-order valence-corrected chi connectivity index (χ2v) is 6.75. The van der Waals surface area contributed by atoms with Crippen LogP contribution in [0.3, 0.4) is 0 Å². The summed E-state index contributed by atoms with van der Waals surface area (Å²) in [7, 11) is 0. The van der Waals surface area contributed by atoms with Gasteiger partial charge in [-0.25, -0.2) is 0 Å². The molecule has 0 heterocycles. The number of ether oxygens (including phenoxy) is 1. The molecule has 2 N–H and O–H groups in total. The Balaban J connectivity index is 2.02. The van der Waals surface area contributed by atoms with Crippen molar-refractivity contribution in [2.45, 2.75) is 57.6 Å². The molecule has 0 bridgehead atoms. The van der Waals surface area contributed by atoms with Crippen LogP contribution in [0.25, 0.3) is 0 Å². The van der Waals surface area contributed by atoms with E-state index in [2.05, 4.69) is 0 Å². The molecule has 0 amide bonds. The molecule has 1 aromatic rings. The Morgan fingerprint density at radius 3 is 2.52 bits per heavy atom. The van der Waals surface area contributed by atoms with Crippen LogP contribution in [0.2, 0.25) is 10.0 Å². The van der Waals surface area contributed by atoms with Crippen LogP contribution in [-0.4, -0.2) is 18.8 Å². The van der Waals surface area contributed by atoms with Crippen LogP contribution in [0.1, 0.15) is 44.6 Å². The second kappa shape index (κ2) is 8.38. The summed E-state index contributed by atoms with van der Waals surface area (Å²) in [5.41, 5.74) is 7.58. The summed E-state index contributed by atoms with van der Waals surface area (Å²) in [5.74, 6) is 0.594. The molecule has 0 aliphatic heterocycles. The Hall–Kier alpha value is -0.280. The van der Waals surface area contributed by atoms with Gasteiger partial charge in [0.1, 0.15) is 0 Å². The Kier molecular flexibility index (Phi) is 6.81. The maximum Gasteiger partial charge on any atom is 0.0757 e. The molecule has 0 spiro atoms. The van der Waals surface area contributed by atoms with E-state index < -0.39 is 0 Å². The van der Waals surface area contributed by atoms with Crippen LogP contribution in [-0.2, 0) is 11.2 Å². The van der Waals surface area contributed by atoms with Gasteiger partial charge in [0.05, 0.1) is 16.1 Å². The number of rotatable bonds is 6. The average molecular weight is 330 g/mol. The molecular formula is C17H25Cl2NO. The summed E-state index contributed by atoms with van der Waals surface area (Å²) in [4.78, 5) is 0. The SMILES string of the molecule is CCOC(C(N)Cc1ccc(Cl)c(Cl)c1)C1CCCCC1. The Bertz CT molecular complexity index is 446. The van der Waals surface area contributed by atoms with Gasteiger partial charge in [0.15, 0.2) is 0 Å². The van der Waals surface area contributed by atoms with Gasteiger partial charge in [-0.2, -0.15) is 0 Å². The minimum absolute atomic E-state index is 0.00490. The zero-order valence-electron chi connectivity index (χ0n) is 12.7. The highest BCUT2D eigenvalue weighted by molar-refractivity contribution is 6.42. The molecule has 1 fully saturated rings. The second-order valence-electron chi connectivity index (χ2n) is 5.93. The molecule has 2 nitrogen and oxygen atoms in total. The Morgan fingerprint density at radius 2 is 1.90 bits per heavy atom. The van der Waals surface area contributed by atoms with Crippen molar-refractivity contribution in [3.8, 4) is 0 Å². The lowest BCUT2D eigenvalue weighted by Gasteiger charge is -2.34. The van der Waals surface area contributed by atoms with Crippen LogP contribution in [0.15, 0.2) is 18.2 Å². The van der Waals surface area contributed by atoms with E-state index in [1.54, 1.807) is 0 Å². The first-order valence-electron chi connectivity index (χ1n) is 7.93. The zero-order valence-corrected chi connectivity index (χ0v) is 14.2. The largest absolute Gasteiger partial charge is 0.377 e. The quantitative estimate of drug-likeness (QED) is 0.809. The number of hydrogen-bond donors (Lipinski definition) is 1. The van der Waals surface area contributed by atoms with Gasteiger partial charge >= 0.3 is 0 Å². The highest BCUT2D eigenvalue weighted by atomic mass is 35.5. The first-order valence-corrected chi connectivity index (χ1v) is 8.68. The van der Waals surface area contributed by atoms with Gasteiger partial charge in [0.25, 0.3) is 0 Å². The minimum atomic E-state index is 0.00490. The van der Waals surface area contributed by atoms with Crippen LogP contribution < -0.4 is 5.73 Å². The zero-order chi connectivity index (χ0) is 15.2. The molecule has 0 radical (unpaired) electrons. The lowest BCUT2D eigenvalue weighted by atomic mass is 9.81. The Morgan fingerprint density at radius 1 is 1.19 bits per heavy atom. The molecular weight excluding hydrogens is 305 g/mol. The summed E-state index contributed by atoms with van der Waals surface area (Å²) in [6.07, 6.45) is 7.33. The van der Waals surface area contributed by atoms with Crippen LogP contribution in [0, 0.1) is 5.92 Å². The number of benzene rings is 1. The maximum atomic E-state index is 6.45. The first-order chi connectivity index (χ1) is 10.1. The fraction of sp³-hybridized carbons (Fsp3) is 0.647. The van der Waals surface area contributed by atoms with Gasteiger partial charge in [0.2, 0.25) is 0 Å². The number of halogens is 2. The van der Waals surface area contributed by atoms with Gasteiger partial charge in [-0.05, 0) is 49.8 Å². The Labute approximate surface area is 137 Å². The molecule has 4 heteroatoms. The fourth-order valence-electron chi connectivity index (χ4n) is 3.32. The molecule has 1 saturated carbocycles. The monoisotopic (exact) mass is 329 g/mol. The lowest BCUT2D eigenvalue weighted by Crippen LogP contribution is -2.44.